The average Bonchev–Trinajstić information content (AvgIpc) is 2.52. The van der Waals surface area contributed by atoms with E-state index in [1.54, 1.807) is 21.2 Å². The van der Waals surface area contributed by atoms with Crippen LogP contribution >= 0.6 is 0 Å². The van der Waals surface area contributed by atoms with Crippen LogP contribution in [-0.2, 0) is 14.8 Å². The Labute approximate surface area is 137 Å². The number of amides is 1. The number of hydrogen-bond donors (Lipinski definition) is 0. The highest BCUT2D eigenvalue weighted by atomic mass is 32.2. The summed E-state index contributed by atoms with van der Waals surface area (Å²) < 4.78 is 30.4. The van der Waals surface area contributed by atoms with Gasteiger partial charge in [-0.1, -0.05) is 0 Å². The third kappa shape index (κ3) is 3.94. The molecule has 1 aliphatic rings. The normalized spacial score (nSPS) is 19.5. The van der Waals surface area contributed by atoms with Gasteiger partial charge in [-0.25, -0.2) is 8.42 Å². The van der Waals surface area contributed by atoms with Crippen molar-refractivity contribution in [2.24, 2.45) is 0 Å². The summed E-state index contributed by atoms with van der Waals surface area (Å²) in [6, 6.07) is 6.80. The van der Waals surface area contributed by atoms with Gasteiger partial charge >= 0.3 is 0 Å². The Bertz CT molecular complexity index is 658. The fourth-order valence-electron chi connectivity index (χ4n) is 2.69. The van der Waals surface area contributed by atoms with Crippen molar-refractivity contribution in [3.05, 3.63) is 24.3 Å². The molecule has 1 saturated heterocycles. The molecule has 2 rings (SSSR count). The van der Waals surface area contributed by atoms with Gasteiger partial charge in [0.05, 0.1) is 13.4 Å². The van der Waals surface area contributed by atoms with Crippen LogP contribution in [0.4, 0.5) is 5.69 Å². The number of piperazine rings is 1. The number of hydrogen-bond acceptors (Lipinski definition) is 5. The lowest BCUT2D eigenvalue weighted by molar-refractivity contribution is -0.132. The third-order valence-electron chi connectivity index (χ3n) is 3.92. The molecule has 1 unspecified atom stereocenters. The van der Waals surface area contributed by atoms with Crippen LogP contribution in [-0.4, -0.2) is 76.7 Å². The lowest BCUT2D eigenvalue weighted by atomic mass is 10.1. The summed E-state index contributed by atoms with van der Waals surface area (Å²) in [5.41, 5.74) is 0.940. The van der Waals surface area contributed by atoms with Crippen LogP contribution in [0.2, 0.25) is 0 Å². The minimum Gasteiger partial charge on any atom is -0.497 e. The Hall–Kier alpha value is -1.80. The van der Waals surface area contributed by atoms with Gasteiger partial charge in [0.1, 0.15) is 11.8 Å². The van der Waals surface area contributed by atoms with E-state index < -0.39 is 16.1 Å². The molecule has 0 saturated carbocycles. The standard InChI is InChI=1S/C15H23N3O4S/c1-16(2)15(19)14-11-17(9-10-18(14)23(4,20)21)12-5-7-13(22-3)8-6-12/h5-8,14H,9-11H2,1-4H3. The van der Waals surface area contributed by atoms with E-state index in [-0.39, 0.29) is 12.5 Å². The second-order valence-electron chi connectivity index (χ2n) is 5.77. The number of anilines is 1. The summed E-state index contributed by atoms with van der Waals surface area (Å²) in [5, 5.41) is 0. The predicted octanol–water partition coefficient (Wildman–Crippen LogP) is 0.234. The van der Waals surface area contributed by atoms with E-state index >= 15 is 0 Å². The van der Waals surface area contributed by atoms with E-state index in [0.717, 1.165) is 17.7 Å². The van der Waals surface area contributed by atoms with Crippen molar-refractivity contribution in [2.45, 2.75) is 6.04 Å². The highest BCUT2D eigenvalue weighted by Gasteiger charge is 2.38. The molecule has 1 fully saturated rings. The quantitative estimate of drug-likeness (QED) is 0.784. The van der Waals surface area contributed by atoms with Gasteiger partial charge in [0, 0.05) is 39.4 Å². The maximum atomic E-state index is 12.4. The molecule has 1 aliphatic heterocycles. The van der Waals surface area contributed by atoms with Crippen LogP contribution in [0.5, 0.6) is 5.75 Å². The van der Waals surface area contributed by atoms with Gasteiger partial charge in [0.25, 0.3) is 0 Å². The Morgan fingerprint density at radius 2 is 1.83 bits per heavy atom. The lowest BCUT2D eigenvalue weighted by Crippen LogP contribution is -2.60. The van der Waals surface area contributed by atoms with Gasteiger partial charge in [-0.2, -0.15) is 4.31 Å². The molecule has 7 nitrogen and oxygen atoms in total. The second kappa shape index (κ2) is 6.76. The minimum absolute atomic E-state index is 0.214. The molecule has 0 aliphatic carbocycles. The molecule has 0 N–H and O–H groups in total. The van der Waals surface area contributed by atoms with Crippen LogP contribution < -0.4 is 9.64 Å². The monoisotopic (exact) mass is 341 g/mol. The smallest absolute Gasteiger partial charge is 0.242 e. The van der Waals surface area contributed by atoms with Crippen molar-refractivity contribution in [1.29, 1.82) is 0 Å². The Balaban J connectivity index is 2.25. The number of rotatable bonds is 4. The highest BCUT2D eigenvalue weighted by molar-refractivity contribution is 7.88. The first-order valence-corrected chi connectivity index (χ1v) is 9.16. The molecule has 0 bridgehead atoms. The van der Waals surface area contributed by atoms with E-state index in [9.17, 15) is 13.2 Å². The summed E-state index contributed by atoms with van der Waals surface area (Å²) in [6.07, 6.45) is 1.14. The molecule has 128 valence electrons. The zero-order chi connectivity index (χ0) is 17.2. The number of carbonyl (C=O) groups excluding carboxylic acids is 1. The molecule has 1 heterocycles. The van der Waals surface area contributed by atoms with Crippen molar-refractivity contribution < 1.29 is 17.9 Å². The fraction of sp³-hybridized carbons (Fsp3) is 0.533. The Morgan fingerprint density at radius 3 is 2.30 bits per heavy atom. The van der Waals surface area contributed by atoms with E-state index in [0.29, 0.717) is 13.1 Å². The number of carbonyl (C=O) groups is 1. The molecular formula is C15H23N3O4S. The molecule has 0 spiro atoms. The molecular weight excluding hydrogens is 318 g/mol. The largest absolute Gasteiger partial charge is 0.497 e. The predicted molar refractivity (Wildman–Crippen MR) is 89.2 cm³/mol. The first-order valence-electron chi connectivity index (χ1n) is 7.31. The number of ether oxygens (including phenoxy) is 1. The molecule has 0 radical (unpaired) electrons. The van der Waals surface area contributed by atoms with Crippen molar-refractivity contribution in [3.8, 4) is 5.75 Å². The molecule has 1 aromatic carbocycles. The first-order chi connectivity index (χ1) is 10.7. The number of likely N-dealkylation sites (N-methyl/N-ethyl adjacent to an activating group) is 1. The molecule has 1 amide bonds. The summed E-state index contributed by atoms with van der Waals surface area (Å²) in [6.45, 7) is 1.15. The van der Waals surface area contributed by atoms with Gasteiger partial charge in [-0.05, 0) is 24.3 Å². The molecule has 0 aromatic heterocycles. The first kappa shape index (κ1) is 17.6. The van der Waals surface area contributed by atoms with Crippen LogP contribution in [0.1, 0.15) is 0 Å². The summed E-state index contributed by atoms with van der Waals surface area (Å²) in [7, 11) is 1.44. The Morgan fingerprint density at radius 1 is 1.22 bits per heavy atom. The van der Waals surface area contributed by atoms with Crippen LogP contribution in [0.25, 0.3) is 0 Å². The van der Waals surface area contributed by atoms with Gasteiger partial charge in [0.2, 0.25) is 15.9 Å². The fourth-order valence-corrected chi connectivity index (χ4v) is 3.72. The van der Waals surface area contributed by atoms with E-state index in [1.807, 2.05) is 29.2 Å². The maximum Gasteiger partial charge on any atom is 0.242 e. The van der Waals surface area contributed by atoms with Gasteiger partial charge in [-0.3, -0.25) is 4.79 Å². The topological polar surface area (TPSA) is 70.2 Å². The van der Waals surface area contributed by atoms with E-state index in [2.05, 4.69) is 0 Å². The van der Waals surface area contributed by atoms with Gasteiger partial charge in [0.15, 0.2) is 0 Å². The maximum absolute atomic E-state index is 12.4. The number of benzene rings is 1. The van der Waals surface area contributed by atoms with Crippen LogP contribution in [0, 0.1) is 0 Å². The summed E-state index contributed by atoms with van der Waals surface area (Å²) in [4.78, 5) is 15.9. The number of sulfonamides is 1. The van der Waals surface area contributed by atoms with Crippen molar-refractivity contribution in [3.63, 3.8) is 0 Å². The van der Waals surface area contributed by atoms with Crippen molar-refractivity contribution in [1.82, 2.24) is 9.21 Å². The van der Waals surface area contributed by atoms with Gasteiger partial charge in [-0.15, -0.1) is 0 Å². The molecule has 23 heavy (non-hydrogen) atoms. The number of nitrogens with zero attached hydrogens (tertiary/aromatic N) is 3. The van der Waals surface area contributed by atoms with E-state index in [1.165, 1.54) is 9.21 Å². The van der Waals surface area contributed by atoms with Gasteiger partial charge < -0.3 is 14.5 Å². The molecule has 1 atom stereocenters. The molecule has 8 heteroatoms. The summed E-state index contributed by atoms with van der Waals surface area (Å²) in [5.74, 6) is 0.540. The SMILES string of the molecule is COc1ccc(N2CCN(S(C)(=O)=O)C(C(=O)N(C)C)C2)cc1. The average molecular weight is 341 g/mol. The number of methoxy groups -OCH3 is 1. The van der Waals surface area contributed by atoms with Crippen molar-refractivity contribution >= 4 is 21.6 Å². The second-order valence-corrected chi connectivity index (χ2v) is 7.70. The zero-order valence-corrected chi connectivity index (χ0v) is 14.7. The summed E-state index contributed by atoms with van der Waals surface area (Å²) >= 11 is 0. The Kier molecular flexibility index (Phi) is 5.16. The third-order valence-corrected chi connectivity index (χ3v) is 5.21. The lowest BCUT2D eigenvalue weighted by Gasteiger charge is -2.41. The van der Waals surface area contributed by atoms with Crippen LogP contribution in [0.3, 0.4) is 0 Å². The highest BCUT2D eigenvalue weighted by Crippen LogP contribution is 2.24. The van der Waals surface area contributed by atoms with Crippen molar-refractivity contribution in [2.75, 3.05) is 52.0 Å². The van der Waals surface area contributed by atoms with Crippen LogP contribution in [0.15, 0.2) is 24.3 Å². The van der Waals surface area contributed by atoms with E-state index in [4.69, 9.17) is 4.74 Å². The minimum atomic E-state index is -3.43. The zero-order valence-electron chi connectivity index (χ0n) is 13.9. The molecule has 1 aromatic rings.